The van der Waals surface area contributed by atoms with Crippen LogP contribution in [0, 0.1) is 0 Å². The molecule has 0 bridgehead atoms. The molecular formula is C42H34NSi+. The first-order valence-corrected chi connectivity index (χ1v) is 17.2. The Balaban J connectivity index is 1.52. The molecule has 7 aromatic carbocycles. The average molecular weight is 581 g/mol. The molecule has 0 aliphatic rings. The first kappa shape index (κ1) is 27.5. The highest BCUT2D eigenvalue weighted by Crippen LogP contribution is 2.50. The molecule has 2 heteroatoms. The van der Waals surface area contributed by atoms with Gasteiger partial charge in [-0.15, -0.1) is 0 Å². The molecule has 0 saturated carbocycles. The van der Waals surface area contributed by atoms with E-state index in [-0.39, 0.29) is 0 Å². The van der Waals surface area contributed by atoms with Crippen molar-refractivity contribution in [2.45, 2.75) is 0 Å². The summed E-state index contributed by atoms with van der Waals surface area (Å²) >= 11 is 0. The van der Waals surface area contributed by atoms with Crippen molar-refractivity contribution < 1.29 is 0 Å². The van der Waals surface area contributed by atoms with Gasteiger partial charge in [-0.2, -0.15) is 4.48 Å². The van der Waals surface area contributed by atoms with Crippen LogP contribution in [0.1, 0.15) is 0 Å². The maximum absolute atomic E-state index is 2.63. The molecule has 0 N–H and O–H groups in total. The Morgan fingerprint density at radius 1 is 0.227 bits per heavy atom. The minimum atomic E-state index is -2.63. The van der Waals surface area contributed by atoms with E-state index in [1.807, 2.05) is 0 Å². The van der Waals surface area contributed by atoms with Gasteiger partial charge in [-0.1, -0.05) is 158 Å². The van der Waals surface area contributed by atoms with Gasteiger partial charge in [-0.3, -0.25) is 0 Å². The number of hydrogen-bond donors (Lipinski definition) is 0. The number of para-hydroxylation sites is 3. The second-order valence-electron chi connectivity index (χ2n) is 11.1. The SMILES string of the molecule is c1ccc([N+](c2ccccc2)(c2ccccc2)c2ccc([Si](c3ccccc3)(c3ccccc3)c3ccccc3)cc2)cc1. The van der Waals surface area contributed by atoms with Crippen LogP contribution in [-0.2, 0) is 0 Å². The zero-order valence-electron chi connectivity index (χ0n) is 24.6. The molecule has 44 heavy (non-hydrogen) atoms. The summed E-state index contributed by atoms with van der Waals surface area (Å²) in [6.07, 6.45) is 0. The van der Waals surface area contributed by atoms with E-state index in [4.69, 9.17) is 0 Å². The van der Waals surface area contributed by atoms with E-state index in [9.17, 15) is 0 Å². The summed E-state index contributed by atoms with van der Waals surface area (Å²) in [6.45, 7) is 0. The fraction of sp³-hybridized carbons (Fsp3) is 0. The van der Waals surface area contributed by atoms with Gasteiger partial charge in [-0.25, -0.2) is 0 Å². The molecule has 0 saturated heterocycles. The van der Waals surface area contributed by atoms with E-state index >= 15 is 0 Å². The van der Waals surface area contributed by atoms with E-state index < -0.39 is 8.07 Å². The van der Waals surface area contributed by atoms with Crippen LogP contribution < -0.4 is 25.2 Å². The summed E-state index contributed by atoms with van der Waals surface area (Å²) in [5, 5.41) is 5.48. The third-order valence-corrected chi connectivity index (χ3v) is 13.5. The van der Waals surface area contributed by atoms with Crippen molar-refractivity contribution in [2.24, 2.45) is 0 Å². The monoisotopic (exact) mass is 580 g/mol. The largest absolute Gasteiger partial charge is 0.194 e. The highest BCUT2D eigenvalue weighted by Gasteiger charge is 2.43. The highest BCUT2D eigenvalue weighted by atomic mass is 28.3. The van der Waals surface area contributed by atoms with Crippen LogP contribution >= 0.6 is 0 Å². The molecule has 0 aromatic heterocycles. The number of benzene rings is 7. The summed E-state index contributed by atoms with van der Waals surface area (Å²) in [6, 6.07) is 75.4. The third-order valence-electron chi connectivity index (χ3n) is 8.74. The Morgan fingerprint density at radius 3 is 0.750 bits per heavy atom. The normalized spacial score (nSPS) is 11.6. The van der Waals surface area contributed by atoms with Crippen molar-refractivity contribution in [2.75, 3.05) is 0 Å². The topological polar surface area (TPSA) is 0 Å². The summed E-state index contributed by atoms with van der Waals surface area (Å²) < 4.78 is 0.485. The average Bonchev–Trinajstić information content (AvgIpc) is 3.12. The molecular weight excluding hydrogens is 547 g/mol. The third kappa shape index (κ3) is 4.62. The predicted octanol–water partition coefficient (Wildman–Crippen LogP) is 8.37. The van der Waals surface area contributed by atoms with Crippen molar-refractivity contribution in [1.82, 2.24) is 4.48 Å². The molecule has 0 fully saturated rings. The number of nitrogens with zero attached hydrogens (tertiary/aromatic N) is 1. The van der Waals surface area contributed by atoms with Gasteiger partial charge in [0.1, 0.15) is 22.7 Å². The molecule has 0 heterocycles. The standard InChI is InChI=1S/C42H34NSi/c1-7-19-35(20-8-1)43(36-21-9-2-10-22-36,37-23-11-3-12-24-37)38-31-33-42(34-32-38)44(39-25-13-4-14-26-39,40-27-15-5-16-28-40)41-29-17-6-18-30-41/h1-34H/q+1. The van der Waals surface area contributed by atoms with Crippen molar-refractivity contribution in [1.29, 1.82) is 0 Å². The zero-order chi connectivity index (χ0) is 29.7. The van der Waals surface area contributed by atoms with Gasteiger partial charge in [0.2, 0.25) is 0 Å². The molecule has 0 radical (unpaired) electrons. The van der Waals surface area contributed by atoms with Crippen LogP contribution in [0.4, 0.5) is 22.7 Å². The summed E-state index contributed by atoms with van der Waals surface area (Å²) in [5.41, 5.74) is 4.76. The molecule has 0 spiro atoms. The predicted molar refractivity (Wildman–Crippen MR) is 190 cm³/mol. The first-order chi connectivity index (χ1) is 21.8. The molecule has 7 aromatic rings. The maximum Gasteiger partial charge on any atom is 0.179 e. The maximum atomic E-state index is 2.40. The number of rotatable bonds is 8. The van der Waals surface area contributed by atoms with E-state index in [1.54, 1.807) is 0 Å². The molecule has 0 aliphatic heterocycles. The molecule has 0 amide bonds. The minimum absolute atomic E-state index is 0.485. The van der Waals surface area contributed by atoms with Crippen molar-refractivity contribution in [3.8, 4) is 0 Å². The molecule has 1 nitrogen and oxygen atoms in total. The van der Waals surface area contributed by atoms with Gasteiger partial charge in [0, 0.05) is 48.5 Å². The van der Waals surface area contributed by atoms with E-state index in [0.29, 0.717) is 4.48 Å². The number of hydrogen-bond acceptors (Lipinski definition) is 0. The van der Waals surface area contributed by atoms with Crippen LogP contribution in [-0.4, -0.2) is 8.07 Å². The second kappa shape index (κ2) is 12.1. The Labute approximate surface area is 261 Å². The molecule has 0 atom stereocenters. The van der Waals surface area contributed by atoms with Gasteiger partial charge in [0.25, 0.3) is 0 Å². The highest BCUT2D eigenvalue weighted by molar-refractivity contribution is 7.19. The lowest BCUT2D eigenvalue weighted by atomic mass is 10.1. The van der Waals surface area contributed by atoms with E-state index in [1.165, 1.54) is 43.5 Å². The Bertz CT molecular complexity index is 1570. The lowest BCUT2D eigenvalue weighted by molar-refractivity contribution is 0.704. The lowest BCUT2D eigenvalue weighted by Crippen LogP contribution is -2.74. The molecule has 7 rings (SSSR count). The van der Waals surface area contributed by atoms with Crippen LogP contribution in [0.2, 0.25) is 0 Å². The minimum Gasteiger partial charge on any atom is -0.194 e. The van der Waals surface area contributed by atoms with Crippen LogP contribution in [0.5, 0.6) is 0 Å². The van der Waals surface area contributed by atoms with Gasteiger partial charge in [0.15, 0.2) is 8.07 Å². The summed E-state index contributed by atoms with van der Waals surface area (Å²) in [5.74, 6) is 0. The molecule has 210 valence electrons. The van der Waals surface area contributed by atoms with Crippen molar-refractivity contribution in [3.05, 3.63) is 206 Å². The fourth-order valence-electron chi connectivity index (χ4n) is 6.85. The first-order valence-electron chi connectivity index (χ1n) is 15.2. The Morgan fingerprint density at radius 2 is 0.455 bits per heavy atom. The fourth-order valence-corrected chi connectivity index (χ4v) is 11.6. The number of quaternary nitrogens is 1. The van der Waals surface area contributed by atoms with Crippen molar-refractivity contribution in [3.63, 3.8) is 0 Å². The quantitative estimate of drug-likeness (QED) is 0.0963. The summed E-state index contributed by atoms with van der Waals surface area (Å²) in [4.78, 5) is 0. The van der Waals surface area contributed by atoms with Crippen LogP contribution in [0.15, 0.2) is 206 Å². The van der Waals surface area contributed by atoms with E-state index in [0.717, 1.165) is 0 Å². The summed E-state index contributed by atoms with van der Waals surface area (Å²) in [7, 11) is -2.63. The van der Waals surface area contributed by atoms with Crippen LogP contribution in [0.25, 0.3) is 0 Å². The molecule has 0 aliphatic carbocycles. The van der Waals surface area contributed by atoms with Gasteiger partial charge in [0.05, 0.1) is 0 Å². The van der Waals surface area contributed by atoms with Crippen LogP contribution in [0.3, 0.4) is 0 Å². The Kier molecular flexibility index (Phi) is 7.60. The van der Waals surface area contributed by atoms with Crippen molar-refractivity contribution >= 4 is 51.6 Å². The van der Waals surface area contributed by atoms with Gasteiger partial charge < -0.3 is 0 Å². The van der Waals surface area contributed by atoms with Gasteiger partial charge in [-0.05, 0) is 20.7 Å². The molecule has 0 unspecified atom stereocenters. The zero-order valence-corrected chi connectivity index (χ0v) is 25.6. The second-order valence-corrected chi connectivity index (χ2v) is 14.9. The van der Waals surface area contributed by atoms with E-state index in [2.05, 4.69) is 206 Å². The Hall–Kier alpha value is -5.28. The smallest absolute Gasteiger partial charge is 0.179 e. The van der Waals surface area contributed by atoms with Gasteiger partial charge >= 0.3 is 0 Å². The lowest BCUT2D eigenvalue weighted by Gasteiger charge is -2.38.